The molecule has 1 atom stereocenters. The SMILES string of the molecule is CN1c2ccccc2NC1C=Cc1nc2ccccc2n1C. The van der Waals surface area contributed by atoms with E-state index in [0.29, 0.717) is 0 Å². The highest BCUT2D eigenvalue weighted by atomic mass is 15.3. The number of nitrogens with one attached hydrogen (secondary N) is 1. The van der Waals surface area contributed by atoms with E-state index in [-0.39, 0.29) is 6.17 Å². The Bertz CT molecular complexity index is 862. The molecule has 1 N–H and O–H groups in total. The lowest BCUT2D eigenvalue weighted by Crippen LogP contribution is -2.29. The number of hydrogen-bond acceptors (Lipinski definition) is 3. The number of aryl methyl sites for hydroxylation is 1. The van der Waals surface area contributed by atoms with E-state index in [9.17, 15) is 0 Å². The summed E-state index contributed by atoms with van der Waals surface area (Å²) in [5, 5.41) is 3.51. The first-order valence-corrected chi connectivity index (χ1v) is 7.42. The average Bonchev–Trinajstić information content (AvgIpc) is 3.04. The maximum atomic E-state index is 4.68. The van der Waals surface area contributed by atoms with Crippen LogP contribution in [0.3, 0.4) is 0 Å². The Kier molecular flexibility index (Phi) is 2.89. The van der Waals surface area contributed by atoms with Gasteiger partial charge in [0.2, 0.25) is 0 Å². The molecule has 2 aromatic carbocycles. The first kappa shape index (κ1) is 13.0. The van der Waals surface area contributed by atoms with E-state index < -0.39 is 0 Å². The minimum Gasteiger partial charge on any atom is -0.360 e. The number of nitrogens with zero attached hydrogens (tertiary/aromatic N) is 3. The van der Waals surface area contributed by atoms with Crippen LogP contribution in [0.4, 0.5) is 11.4 Å². The summed E-state index contributed by atoms with van der Waals surface area (Å²) in [6, 6.07) is 16.6. The normalized spacial score (nSPS) is 17.2. The Morgan fingerprint density at radius 2 is 1.82 bits per heavy atom. The molecule has 22 heavy (non-hydrogen) atoms. The van der Waals surface area contributed by atoms with E-state index >= 15 is 0 Å². The van der Waals surface area contributed by atoms with Gasteiger partial charge in [-0.05, 0) is 36.4 Å². The second-order valence-corrected chi connectivity index (χ2v) is 5.59. The predicted molar refractivity (Wildman–Crippen MR) is 92.0 cm³/mol. The number of aromatic nitrogens is 2. The van der Waals surface area contributed by atoms with Crippen molar-refractivity contribution in [1.29, 1.82) is 0 Å². The monoisotopic (exact) mass is 290 g/mol. The second-order valence-electron chi connectivity index (χ2n) is 5.59. The van der Waals surface area contributed by atoms with E-state index in [2.05, 4.69) is 76.3 Å². The van der Waals surface area contributed by atoms with E-state index in [4.69, 9.17) is 0 Å². The topological polar surface area (TPSA) is 33.1 Å². The standard InChI is InChI=1S/C18H18N4/c1-21-15-9-5-3-7-13(15)19-17(21)11-12-18-20-14-8-4-6-10-16(14)22(18)2/h3-12,17,19H,1-2H3. The third kappa shape index (κ3) is 1.96. The fourth-order valence-electron chi connectivity index (χ4n) is 2.98. The summed E-state index contributed by atoms with van der Waals surface area (Å²) in [5.74, 6) is 0.965. The quantitative estimate of drug-likeness (QED) is 0.784. The Hall–Kier alpha value is -2.75. The molecule has 0 radical (unpaired) electrons. The Morgan fingerprint density at radius 1 is 1.05 bits per heavy atom. The molecule has 4 nitrogen and oxygen atoms in total. The van der Waals surface area contributed by atoms with Crippen LogP contribution in [0.15, 0.2) is 54.6 Å². The second kappa shape index (κ2) is 4.91. The highest BCUT2D eigenvalue weighted by molar-refractivity contribution is 5.79. The molecule has 2 heterocycles. The van der Waals surface area contributed by atoms with Crippen LogP contribution in [0.2, 0.25) is 0 Å². The molecule has 110 valence electrons. The maximum absolute atomic E-state index is 4.68. The third-order valence-corrected chi connectivity index (χ3v) is 4.25. The van der Waals surface area contributed by atoms with Crippen molar-refractivity contribution in [2.75, 3.05) is 17.3 Å². The van der Waals surface area contributed by atoms with Crippen molar-refractivity contribution in [3.8, 4) is 0 Å². The molecular formula is C18H18N4. The van der Waals surface area contributed by atoms with Gasteiger partial charge in [-0.3, -0.25) is 0 Å². The molecule has 0 bridgehead atoms. The van der Waals surface area contributed by atoms with Crippen molar-refractivity contribution in [3.63, 3.8) is 0 Å². The summed E-state index contributed by atoms with van der Waals surface area (Å²) in [5.41, 5.74) is 4.57. The van der Waals surface area contributed by atoms with Crippen molar-refractivity contribution in [1.82, 2.24) is 9.55 Å². The summed E-state index contributed by atoms with van der Waals surface area (Å²) in [7, 11) is 4.15. The number of anilines is 2. The minimum absolute atomic E-state index is 0.150. The summed E-state index contributed by atoms with van der Waals surface area (Å²) in [4.78, 5) is 6.91. The maximum Gasteiger partial charge on any atom is 0.133 e. The van der Waals surface area contributed by atoms with Crippen molar-refractivity contribution >= 4 is 28.5 Å². The molecule has 0 amide bonds. The van der Waals surface area contributed by atoms with Crippen molar-refractivity contribution in [2.45, 2.75) is 6.17 Å². The van der Waals surface area contributed by atoms with Gasteiger partial charge in [0.1, 0.15) is 12.0 Å². The first-order valence-electron chi connectivity index (χ1n) is 7.42. The molecule has 4 rings (SSSR count). The van der Waals surface area contributed by atoms with Gasteiger partial charge in [-0.25, -0.2) is 4.98 Å². The lowest BCUT2D eigenvalue weighted by molar-refractivity contribution is 0.879. The van der Waals surface area contributed by atoms with Gasteiger partial charge in [0.15, 0.2) is 0 Å². The minimum atomic E-state index is 0.150. The average molecular weight is 290 g/mol. The number of imidazole rings is 1. The number of likely N-dealkylation sites (N-methyl/N-ethyl adjacent to an activating group) is 1. The van der Waals surface area contributed by atoms with Crippen LogP contribution in [-0.4, -0.2) is 22.8 Å². The van der Waals surface area contributed by atoms with Crippen LogP contribution in [0.25, 0.3) is 17.1 Å². The molecule has 4 heteroatoms. The zero-order valence-electron chi connectivity index (χ0n) is 12.7. The smallest absolute Gasteiger partial charge is 0.133 e. The fourth-order valence-corrected chi connectivity index (χ4v) is 2.98. The fraction of sp³-hybridized carbons (Fsp3) is 0.167. The molecule has 0 fully saturated rings. The number of benzene rings is 2. The van der Waals surface area contributed by atoms with E-state index in [1.807, 2.05) is 18.2 Å². The number of fused-ring (bicyclic) bond motifs is 2. The highest BCUT2D eigenvalue weighted by Crippen LogP contribution is 2.33. The first-order chi connectivity index (χ1) is 10.7. The van der Waals surface area contributed by atoms with E-state index in [0.717, 1.165) is 16.9 Å². The summed E-state index contributed by atoms with van der Waals surface area (Å²) in [6.45, 7) is 0. The molecular weight excluding hydrogens is 272 g/mol. The van der Waals surface area contributed by atoms with Gasteiger partial charge in [0.05, 0.1) is 22.4 Å². The molecule has 1 aliphatic heterocycles. The van der Waals surface area contributed by atoms with E-state index in [1.165, 1.54) is 11.4 Å². The Balaban J connectivity index is 1.64. The van der Waals surface area contributed by atoms with Crippen LogP contribution in [0, 0.1) is 0 Å². The van der Waals surface area contributed by atoms with Gasteiger partial charge >= 0.3 is 0 Å². The third-order valence-electron chi connectivity index (χ3n) is 4.25. The van der Waals surface area contributed by atoms with E-state index in [1.54, 1.807) is 0 Å². The van der Waals surface area contributed by atoms with Crippen molar-refractivity contribution in [3.05, 3.63) is 60.4 Å². The molecule has 0 saturated heterocycles. The van der Waals surface area contributed by atoms with Crippen LogP contribution >= 0.6 is 0 Å². The van der Waals surface area contributed by atoms with Gasteiger partial charge in [0, 0.05) is 14.1 Å². The lowest BCUT2D eigenvalue weighted by Gasteiger charge is -2.18. The van der Waals surface area contributed by atoms with Crippen molar-refractivity contribution < 1.29 is 0 Å². The molecule has 1 aliphatic rings. The van der Waals surface area contributed by atoms with Crippen LogP contribution in [0.5, 0.6) is 0 Å². The van der Waals surface area contributed by atoms with Gasteiger partial charge in [0.25, 0.3) is 0 Å². The van der Waals surface area contributed by atoms with Gasteiger partial charge < -0.3 is 14.8 Å². The summed E-state index contributed by atoms with van der Waals surface area (Å²) >= 11 is 0. The molecule has 3 aromatic rings. The number of hydrogen-bond donors (Lipinski definition) is 1. The van der Waals surface area contributed by atoms with Gasteiger partial charge in [-0.2, -0.15) is 0 Å². The predicted octanol–water partition coefficient (Wildman–Crippen LogP) is 3.47. The number of rotatable bonds is 2. The van der Waals surface area contributed by atoms with Crippen LogP contribution < -0.4 is 10.2 Å². The summed E-state index contributed by atoms with van der Waals surface area (Å²) < 4.78 is 2.12. The molecule has 0 spiro atoms. The number of para-hydroxylation sites is 4. The van der Waals surface area contributed by atoms with Crippen LogP contribution in [-0.2, 0) is 7.05 Å². The van der Waals surface area contributed by atoms with Crippen molar-refractivity contribution in [2.24, 2.45) is 7.05 Å². The highest BCUT2D eigenvalue weighted by Gasteiger charge is 2.22. The lowest BCUT2D eigenvalue weighted by atomic mass is 10.3. The molecule has 0 aliphatic carbocycles. The summed E-state index contributed by atoms with van der Waals surface area (Å²) in [6.07, 6.45) is 4.39. The van der Waals surface area contributed by atoms with Gasteiger partial charge in [-0.1, -0.05) is 24.3 Å². The zero-order valence-corrected chi connectivity index (χ0v) is 12.7. The molecule has 1 aromatic heterocycles. The zero-order chi connectivity index (χ0) is 15.1. The van der Waals surface area contributed by atoms with Crippen LogP contribution in [0.1, 0.15) is 5.82 Å². The largest absolute Gasteiger partial charge is 0.360 e. The van der Waals surface area contributed by atoms with Gasteiger partial charge in [-0.15, -0.1) is 0 Å². The Morgan fingerprint density at radius 3 is 2.64 bits per heavy atom. The molecule has 1 unspecified atom stereocenters. The Labute approximate surface area is 129 Å². The molecule has 0 saturated carbocycles.